The highest BCUT2D eigenvalue weighted by Gasteiger charge is 2.08. The predicted molar refractivity (Wildman–Crippen MR) is 64.0 cm³/mol. The number of hydrogen-bond donors (Lipinski definition) is 1. The number of rotatable bonds is 1. The van der Waals surface area contributed by atoms with Crippen LogP contribution in [0.1, 0.15) is 11.6 Å². The lowest BCUT2D eigenvalue weighted by molar-refractivity contribution is 0.945. The van der Waals surface area contributed by atoms with Crippen molar-refractivity contribution in [3.05, 3.63) is 36.3 Å². The van der Waals surface area contributed by atoms with Gasteiger partial charge in [0.25, 0.3) is 0 Å². The number of aryl methyl sites for hydroxylation is 2. The molecule has 0 spiro atoms. The third-order valence-corrected chi connectivity index (χ3v) is 2.79. The summed E-state index contributed by atoms with van der Waals surface area (Å²) < 4.78 is 3.85. The van der Waals surface area contributed by atoms with E-state index in [1.54, 1.807) is 6.20 Å². The second-order valence-electron chi connectivity index (χ2n) is 3.94. The molecule has 0 radical (unpaired) electrons. The lowest BCUT2D eigenvalue weighted by Crippen LogP contribution is -2.01. The molecule has 3 heterocycles. The van der Waals surface area contributed by atoms with Crippen molar-refractivity contribution in [2.75, 3.05) is 5.73 Å². The van der Waals surface area contributed by atoms with Gasteiger partial charge in [0.2, 0.25) is 0 Å². The molecule has 0 aliphatic rings. The van der Waals surface area contributed by atoms with Gasteiger partial charge in [-0.1, -0.05) is 0 Å². The Morgan fingerprint density at radius 2 is 2.00 bits per heavy atom. The van der Waals surface area contributed by atoms with Gasteiger partial charge in [0.1, 0.15) is 11.6 Å². The van der Waals surface area contributed by atoms with Crippen LogP contribution in [0.4, 0.5) is 5.69 Å². The number of anilines is 1. The summed E-state index contributed by atoms with van der Waals surface area (Å²) in [5.41, 5.74) is 8.21. The van der Waals surface area contributed by atoms with E-state index in [2.05, 4.69) is 15.2 Å². The van der Waals surface area contributed by atoms with Crippen LogP contribution < -0.4 is 5.73 Å². The van der Waals surface area contributed by atoms with Gasteiger partial charge in [-0.25, -0.2) is 4.98 Å². The summed E-state index contributed by atoms with van der Waals surface area (Å²) in [6.07, 6.45) is 5.61. The van der Waals surface area contributed by atoms with E-state index in [4.69, 9.17) is 5.73 Å². The van der Waals surface area contributed by atoms with Crippen LogP contribution in [0.15, 0.2) is 24.7 Å². The minimum absolute atomic E-state index is 0.608. The molecule has 0 saturated heterocycles. The van der Waals surface area contributed by atoms with E-state index in [-0.39, 0.29) is 0 Å². The molecule has 6 heteroatoms. The zero-order chi connectivity index (χ0) is 12.0. The van der Waals surface area contributed by atoms with Crippen molar-refractivity contribution in [3.8, 4) is 5.69 Å². The Morgan fingerprint density at radius 1 is 1.18 bits per heavy atom. The topological polar surface area (TPSA) is 74.0 Å². The Balaban J connectivity index is 2.32. The Kier molecular flexibility index (Phi) is 1.91. The van der Waals surface area contributed by atoms with Crippen molar-refractivity contribution in [2.45, 2.75) is 13.8 Å². The molecule has 17 heavy (non-hydrogen) atoms. The molecule has 3 aromatic rings. The van der Waals surface area contributed by atoms with Crippen molar-refractivity contribution < 1.29 is 0 Å². The molecule has 0 aromatic carbocycles. The number of imidazole rings is 1. The molecule has 0 atom stereocenters. The maximum absolute atomic E-state index is 5.97. The smallest absolute Gasteiger partial charge is 0.184 e. The summed E-state index contributed by atoms with van der Waals surface area (Å²) in [6, 6.07) is 1.87. The van der Waals surface area contributed by atoms with Gasteiger partial charge >= 0.3 is 0 Å². The summed E-state index contributed by atoms with van der Waals surface area (Å²) >= 11 is 0. The number of nitrogens with two attached hydrogens (primary N) is 1. The van der Waals surface area contributed by atoms with E-state index < -0.39 is 0 Å². The molecule has 0 fully saturated rings. The van der Waals surface area contributed by atoms with Gasteiger partial charge in [-0.2, -0.15) is 0 Å². The van der Waals surface area contributed by atoms with Gasteiger partial charge in [0, 0.05) is 18.6 Å². The highest BCUT2D eigenvalue weighted by Crippen LogP contribution is 2.18. The van der Waals surface area contributed by atoms with Crippen LogP contribution in [-0.2, 0) is 0 Å². The summed E-state index contributed by atoms with van der Waals surface area (Å²) in [5.74, 6) is 1.72. The van der Waals surface area contributed by atoms with Crippen LogP contribution >= 0.6 is 0 Å². The second kappa shape index (κ2) is 3.31. The quantitative estimate of drug-likeness (QED) is 0.677. The average Bonchev–Trinajstić information content (AvgIpc) is 2.86. The number of nitrogen functional groups attached to an aromatic ring is 1. The Morgan fingerprint density at radius 3 is 2.71 bits per heavy atom. The third kappa shape index (κ3) is 1.37. The maximum Gasteiger partial charge on any atom is 0.184 e. The number of fused-ring (bicyclic) bond motifs is 1. The largest absolute Gasteiger partial charge is 0.396 e. The first-order valence-corrected chi connectivity index (χ1v) is 5.28. The first-order valence-electron chi connectivity index (χ1n) is 5.28. The van der Waals surface area contributed by atoms with Crippen LogP contribution in [0, 0.1) is 13.8 Å². The summed E-state index contributed by atoms with van der Waals surface area (Å²) in [4.78, 5) is 4.19. The van der Waals surface area contributed by atoms with Gasteiger partial charge < -0.3 is 10.3 Å². The minimum atomic E-state index is 0.608. The van der Waals surface area contributed by atoms with Gasteiger partial charge in [-0.05, 0) is 19.9 Å². The summed E-state index contributed by atoms with van der Waals surface area (Å²) in [5, 5.41) is 8.04. The van der Waals surface area contributed by atoms with E-state index in [1.807, 2.05) is 41.3 Å². The van der Waals surface area contributed by atoms with Crippen LogP contribution in [0.3, 0.4) is 0 Å². The molecule has 0 bridgehead atoms. The molecule has 6 nitrogen and oxygen atoms in total. The lowest BCUT2D eigenvalue weighted by Gasteiger charge is -2.07. The highest BCUT2D eigenvalue weighted by molar-refractivity contribution is 5.67. The maximum atomic E-state index is 5.97. The van der Waals surface area contributed by atoms with Crippen LogP contribution in [-0.4, -0.2) is 24.1 Å². The van der Waals surface area contributed by atoms with Gasteiger partial charge in [-0.15, -0.1) is 10.2 Å². The standard InChI is InChI=1S/C11H12N6/c1-7-13-3-4-16(7)9-5-10(12)11-15-14-8(2)17(11)6-9/h3-6H,12H2,1-2H3. The highest BCUT2D eigenvalue weighted by atomic mass is 15.3. The lowest BCUT2D eigenvalue weighted by atomic mass is 10.3. The van der Waals surface area contributed by atoms with E-state index in [0.717, 1.165) is 17.3 Å². The summed E-state index contributed by atoms with van der Waals surface area (Å²) in [7, 11) is 0. The fourth-order valence-corrected chi connectivity index (χ4v) is 1.90. The average molecular weight is 228 g/mol. The molecule has 3 rings (SSSR count). The van der Waals surface area contributed by atoms with E-state index in [0.29, 0.717) is 11.3 Å². The fraction of sp³-hybridized carbons (Fsp3) is 0.182. The SMILES string of the molecule is Cc1nccn1-c1cc(N)c2nnc(C)n2c1. The Bertz CT molecular complexity index is 693. The molecule has 86 valence electrons. The zero-order valence-corrected chi connectivity index (χ0v) is 9.62. The van der Waals surface area contributed by atoms with E-state index in [1.165, 1.54) is 0 Å². The van der Waals surface area contributed by atoms with E-state index in [9.17, 15) is 0 Å². The van der Waals surface area contributed by atoms with Crippen LogP contribution in [0.5, 0.6) is 0 Å². The third-order valence-electron chi connectivity index (χ3n) is 2.79. The molecule has 2 N–H and O–H groups in total. The molecule has 0 saturated carbocycles. The Hall–Kier alpha value is -2.37. The van der Waals surface area contributed by atoms with Crippen molar-refractivity contribution >= 4 is 11.3 Å². The number of pyridine rings is 1. The van der Waals surface area contributed by atoms with Crippen molar-refractivity contribution in [3.63, 3.8) is 0 Å². The molecule has 0 amide bonds. The first-order chi connectivity index (χ1) is 8.16. The number of aromatic nitrogens is 5. The number of hydrogen-bond acceptors (Lipinski definition) is 4. The molecule has 0 unspecified atom stereocenters. The van der Waals surface area contributed by atoms with Gasteiger partial charge in [-0.3, -0.25) is 4.40 Å². The molecule has 0 aliphatic heterocycles. The van der Waals surface area contributed by atoms with Crippen molar-refractivity contribution in [2.24, 2.45) is 0 Å². The first kappa shape index (κ1) is 9.83. The molecular formula is C11H12N6. The van der Waals surface area contributed by atoms with Crippen LogP contribution in [0.25, 0.3) is 11.3 Å². The monoisotopic (exact) mass is 228 g/mol. The van der Waals surface area contributed by atoms with Gasteiger partial charge in [0.15, 0.2) is 5.65 Å². The second-order valence-corrected chi connectivity index (χ2v) is 3.94. The van der Waals surface area contributed by atoms with Crippen molar-refractivity contribution in [1.82, 2.24) is 24.1 Å². The zero-order valence-electron chi connectivity index (χ0n) is 9.62. The predicted octanol–water partition coefficient (Wildman–Crippen LogP) is 1.11. The molecule has 0 aliphatic carbocycles. The Labute approximate surface area is 97.7 Å². The van der Waals surface area contributed by atoms with E-state index >= 15 is 0 Å². The number of nitrogens with zero attached hydrogens (tertiary/aromatic N) is 5. The van der Waals surface area contributed by atoms with Gasteiger partial charge in [0.05, 0.1) is 11.4 Å². The molecule has 3 aromatic heterocycles. The van der Waals surface area contributed by atoms with Crippen molar-refractivity contribution in [1.29, 1.82) is 0 Å². The minimum Gasteiger partial charge on any atom is -0.396 e. The van der Waals surface area contributed by atoms with Crippen LogP contribution in [0.2, 0.25) is 0 Å². The summed E-state index contributed by atoms with van der Waals surface area (Å²) in [6.45, 7) is 3.84. The normalized spacial score (nSPS) is 11.2. The molecular weight excluding hydrogens is 216 g/mol. The fourth-order valence-electron chi connectivity index (χ4n) is 1.90.